The molecule has 0 spiro atoms. The van der Waals surface area contributed by atoms with E-state index in [0.29, 0.717) is 18.9 Å². The van der Waals surface area contributed by atoms with Gasteiger partial charge in [0.1, 0.15) is 11.9 Å². The minimum Gasteiger partial charge on any atom is -0.322 e. The second-order valence-corrected chi connectivity index (χ2v) is 6.74. The van der Waals surface area contributed by atoms with Gasteiger partial charge < -0.3 is 9.80 Å². The molecule has 2 aliphatic rings. The van der Waals surface area contributed by atoms with Gasteiger partial charge >= 0.3 is 0 Å². The highest BCUT2D eigenvalue weighted by Gasteiger charge is 2.47. The monoisotopic (exact) mass is 328 g/mol. The van der Waals surface area contributed by atoms with Crippen LogP contribution in [0.1, 0.15) is 18.5 Å². The zero-order valence-electron chi connectivity index (χ0n) is 14.5. The van der Waals surface area contributed by atoms with Crippen molar-refractivity contribution >= 4 is 17.6 Å². The molecule has 2 aliphatic heterocycles. The number of nitrogens with zero attached hydrogens (tertiary/aromatic N) is 4. The van der Waals surface area contributed by atoms with Gasteiger partial charge in [-0.1, -0.05) is 12.1 Å². The fourth-order valence-electron chi connectivity index (χ4n) is 3.45. The van der Waals surface area contributed by atoms with Crippen molar-refractivity contribution < 1.29 is 9.59 Å². The standard InChI is InChI=1S/C18H24N4O2/c1-13-6-4-7-16(19-13)21-12-14-9-10-15(18(21)24)22(14)17(23)8-5-11-20(2)3/h4-8,14-15H,9-12H2,1-3H3/b8-5+. The number of fused-ring (bicyclic) bond motifs is 2. The fourth-order valence-corrected chi connectivity index (χ4v) is 3.45. The SMILES string of the molecule is Cc1cccc(N2CC3CCC(C2=O)N3C(=O)/C=C/CN(C)C)n1. The number of aromatic nitrogens is 1. The molecule has 2 unspecified atom stereocenters. The Hall–Kier alpha value is -2.21. The van der Waals surface area contributed by atoms with E-state index < -0.39 is 0 Å². The third kappa shape index (κ3) is 3.19. The van der Waals surface area contributed by atoms with E-state index in [1.807, 2.05) is 50.2 Å². The van der Waals surface area contributed by atoms with E-state index in [1.165, 1.54) is 0 Å². The van der Waals surface area contributed by atoms with Gasteiger partial charge in [0.05, 0.1) is 6.04 Å². The van der Waals surface area contributed by atoms with Gasteiger partial charge in [-0.3, -0.25) is 14.5 Å². The topological polar surface area (TPSA) is 56.8 Å². The van der Waals surface area contributed by atoms with E-state index in [4.69, 9.17) is 0 Å². The highest BCUT2D eigenvalue weighted by atomic mass is 16.2. The van der Waals surface area contributed by atoms with Crippen LogP contribution in [-0.2, 0) is 9.59 Å². The molecule has 0 radical (unpaired) electrons. The molecule has 0 saturated carbocycles. The molecule has 2 bridgehead atoms. The number of anilines is 1. The third-order valence-electron chi connectivity index (χ3n) is 4.58. The smallest absolute Gasteiger partial charge is 0.251 e. The van der Waals surface area contributed by atoms with Crippen molar-refractivity contribution in [2.24, 2.45) is 0 Å². The molecule has 2 saturated heterocycles. The van der Waals surface area contributed by atoms with Gasteiger partial charge in [0.15, 0.2) is 0 Å². The van der Waals surface area contributed by atoms with E-state index in [0.717, 1.165) is 18.5 Å². The van der Waals surface area contributed by atoms with Crippen molar-refractivity contribution in [2.45, 2.75) is 31.8 Å². The lowest BCUT2D eigenvalue weighted by atomic mass is 10.1. The average molecular weight is 328 g/mol. The van der Waals surface area contributed by atoms with Crippen LogP contribution < -0.4 is 4.90 Å². The van der Waals surface area contributed by atoms with E-state index in [-0.39, 0.29) is 23.9 Å². The molecule has 6 heteroatoms. The van der Waals surface area contributed by atoms with Crippen LogP contribution in [0.3, 0.4) is 0 Å². The normalized spacial score (nSPS) is 23.6. The summed E-state index contributed by atoms with van der Waals surface area (Å²) >= 11 is 0. The Morgan fingerprint density at radius 1 is 1.38 bits per heavy atom. The van der Waals surface area contributed by atoms with Crippen molar-refractivity contribution in [3.8, 4) is 0 Å². The molecular formula is C18H24N4O2. The summed E-state index contributed by atoms with van der Waals surface area (Å²) in [4.78, 5) is 35.3. The Morgan fingerprint density at radius 3 is 2.88 bits per heavy atom. The summed E-state index contributed by atoms with van der Waals surface area (Å²) in [6, 6.07) is 5.40. The molecule has 6 nitrogen and oxygen atoms in total. The predicted molar refractivity (Wildman–Crippen MR) is 92.7 cm³/mol. The van der Waals surface area contributed by atoms with Crippen LogP contribution in [0, 0.1) is 6.92 Å². The van der Waals surface area contributed by atoms with Crippen LogP contribution in [0.15, 0.2) is 30.4 Å². The number of piperazine rings is 1. The lowest BCUT2D eigenvalue weighted by Crippen LogP contribution is -2.59. The van der Waals surface area contributed by atoms with Gasteiger partial charge in [0.25, 0.3) is 5.91 Å². The first kappa shape index (κ1) is 16.6. The number of pyridine rings is 1. The van der Waals surface area contributed by atoms with Crippen molar-refractivity contribution in [3.05, 3.63) is 36.0 Å². The second kappa shape index (κ2) is 6.73. The fraction of sp³-hybridized carbons (Fsp3) is 0.500. The van der Waals surface area contributed by atoms with Gasteiger partial charge in [-0.15, -0.1) is 0 Å². The quantitative estimate of drug-likeness (QED) is 0.780. The Kier molecular flexibility index (Phi) is 4.66. The van der Waals surface area contributed by atoms with Crippen LogP contribution in [0.25, 0.3) is 0 Å². The number of hydrogen-bond donors (Lipinski definition) is 0. The molecular weight excluding hydrogens is 304 g/mol. The van der Waals surface area contributed by atoms with E-state index in [1.54, 1.807) is 15.9 Å². The molecule has 2 atom stereocenters. The van der Waals surface area contributed by atoms with Gasteiger partial charge in [-0.25, -0.2) is 4.98 Å². The molecule has 0 aliphatic carbocycles. The van der Waals surface area contributed by atoms with Crippen LogP contribution in [-0.4, -0.2) is 65.9 Å². The largest absolute Gasteiger partial charge is 0.322 e. The maximum absolute atomic E-state index is 12.9. The van der Waals surface area contributed by atoms with Crippen LogP contribution in [0.4, 0.5) is 5.82 Å². The summed E-state index contributed by atoms with van der Waals surface area (Å²) < 4.78 is 0. The van der Waals surface area contributed by atoms with Gasteiger partial charge in [-0.2, -0.15) is 0 Å². The molecule has 3 rings (SSSR count). The third-order valence-corrected chi connectivity index (χ3v) is 4.58. The molecule has 2 fully saturated rings. The molecule has 3 heterocycles. The number of amides is 2. The summed E-state index contributed by atoms with van der Waals surface area (Å²) in [5, 5.41) is 0. The van der Waals surface area contributed by atoms with Crippen molar-refractivity contribution in [3.63, 3.8) is 0 Å². The number of hydrogen-bond acceptors (Lipinski definition) is 4. The van der Waals surface area contributed by atoms with E-state index >= 15 is 0 Å². The summed E-state index contributed by atoms with van der Waals surface area (Å²) in [5.74, 6) is 0.609. The lowest BCUT2D eigenvalue weighted by Gasteiger charge is -2.39. The van der Waals surface area contributed by atoms with Crippen molar-refractivity contribution in [2.75, 3.05) is 32.1 Å². The average Bonchev–Trinajstić information content (AvgIpc) is 2.87. The first-order valence-electron chi connectivity index (χ1n) is 8.36. The molecule has 0 aromatic carbocycles. The van der Waals surface area contributed by atoms with E-state index in [9.17, 15) is 9.59 Å². The maximum Gasteiger partial charge on any atom is 0.251 e. The molecule has 128 valence electrons. The first-order valence-corrected chi connectivity index (χ1v) is 8.36. The molecule has 24 heavy (non-hydrogen) atoms. The summed E-state index contributed by atoms with van der Waals surface area (Å²) in [7, 11) is 3.91. The highest BCUT2D eigenvalue weighted by Crippen LogP contribution is 2.33. The lowest BCUT2D eigenvalue weighted by molar-refractivity contribution is -0.138. The Labute approximate surface area is 142 Å². The van der Waals surface area contributed by atoms with Gasteiger partial charge in [0.2, 0.25) is 5.91 Å². The summed E-state index contributed by atoms with van der Waals surface area (Å²) in [6.07, 6.45) is 5.05. The predicted octanol–water partition coefficient (Wildman–Crippen LogP) is 1.21. The Bertz CT molecular complexity index is 671. The van der Waals surface area contributed by atoms with Gasteiger partial charge in [-0.05, 0) is 46.0 Å². The number of rotatable bonds is 4. The summed E-state index contributed by atoms with van der Waals surface area (Å²) in [5.41, 5.74) is 0.887. The zero-order chi connectivity index (χ0) is 17.3. The molecule has 0 N–H and O–H groups in total. The highest BCUT2D eigenvalue weighted by molar-refractivity contribution is 6.02. The number of likely N-dealkylation sites (N-methyl/N-ethyl adjacent to an activating group) is 1. The number of aryl methyl sites for hydroxylation is 1. The molecule has 1 aromatic heterocycles. The Morgan fingerprint density at radius 2 is 2.17 bits per heavy atom. The summed E-state index contributed by atoms with van der Waals surface area (Å²) in [6.45, 7) is 3.15. The zero-order valence-corrected chi connectivity index (χ0v) is 14.5. The van der Waals surface area contributed by atoms with Crippen LogP contribution in [0.5, 0.6) is 0 Å². The number of carbonyl (C=O) groups excluding carboxylic acids is 2. The van der Waals surface area contributed by atoms with Crippen LogP contribution in [0.2, 0.25) is 0 Å². The van der Waals surface area contributed by atoms with Gasteiger partial charge in [0, 0.05) is 24.9 Å². The van der Waals surface area contributed by atoms with Crippen molar-refractivity contribution in [1.82, 2.24) is 14.8 Å². The minimum atomic E-state index is -0.359. The van der Waals surface area contributed by atoms with E-state index in [2.05, 4.69) is 4.98 Å². The second-order valence-electron chi connectivity index (χ2n) is 6.74. The molecule has 2 amide bonds. The number of carbonyl (C=O) groups is 2. The van der Waals surface area contributed by atoms with Crippen molar-refractivity contribution in [1.29, 1.82) is 0 Å². The first-order chi connectivity index (χ1) is 11.5. The Balaban J connectivity index is 1.76. The van der Waals surface area contributed by atoms with Crippen LogP contribution >= 0.6 is 0 Å². The maximum atomic E-state index is 12.9. The molecule has 1 aromatic rings. The minimum absolute atomic E-state index is 0.0174.